The van der Waals surface area contributed by atoms with Crippen molar-refractivity contribution in [3.8, 4) is 11.5 Å². The first-order valence-electron chi connectivity index (χ1n) is 13.8. The minimum absolute atomic E-state index is 0.0410. The molecule has 1 aliphatic rings. The van der Waals surface area contributed by atoms with Crippen molar-refractivity contribution in [1.82, 2.24) is 9.21 Å². The fourth-order valence-electron chi connectivity index (χ4n) is 4.58. The second-order valence-electron chi connectivity index (χ2n) is 10.1. The molecule has 212 valence electrons. The largest absolute Gasteiger partial charge is 0.493 e. The second kappa shape index (κ2) is 14.9. The van der Waals surface area contributed by atoms with Crippen LogP contribution in [0.4, 0.5) is 0 Å². The summed E-state index contributed by atoms with van der Waals surface area (Å²) in [5, 5.41) is 0. The Morgan fingerprint density at radius 3 is 2.34 bits per heavy atom. The SMILES string of the molecule is CCCCCCCCS(=O)(=O)N(CC(=O)N(CCc1ccc(OC)c(OC)c1)Cc1ccc(C)s1)C1CC1. The van der Waals surface area contributed by atoms with E-state index in [-0.39, 0.29) is 24.2 Å². The van der Waals surface area contributed by atoms with Crippen LogP contribution >= 0.6 is 11.3 Å². The van der Waals surface area contributed by atoms with Crippen molar-refractivity contribution < 1.29 is 22.7 Å². The topological polar surface area (TPSA) is 76.2 Å². The van der Waals surface area contributed by atoms with Gasteiger partial charge in [-0.2, -0.15) is 4.31 Å². The van der Waals surface area contributed by atoms with Crippen molar-refractivity contribution in [2.24, 2.45) is 0 Å². The molecule has 0 aliphatic heterocycles. The van der Waals surface area contributed by atoms with Gasteiger partial charge in [-0.1, -0.05) is 45.1 Å². The zero-order valence-electron chi connectivity index (χ0n) is 23.4. The van der Waals surface area contributed by atoms with E-state index < -0.39 is 10.0 Å². The van der Waals surface area contributed by atoms with Crippen molar-refractivity contribution in [3.63, 3.8) is 0 Å². The van der Waals surface area contributed by atoms with Crippen LogP contribution in [0.5, 0.6) is 11.5 Å². The molecule has 1 saturated carbocycles. The van der Waals surface area contributed by atoms with Crippen molar-refractivity contribution >= 4 is 27.3 Å². The highest BCUT2D eigenvalue weighted by atomic mass is 32.2. The summed E-state index contributed by atoms with van der Waals surface area (Å²) in [6.45, 7) is 5.10. The van der Waals surface area contributed by atoms with Gasteiger partial charge in [-0.3, -0.25) is 4.79 Å². The third kappa shape index (κ3) is 9.27. The predicted octanol–water partition coefficient (Wildman–Crippen LogP) is 5.80. The minimum Gasteiger partial charge on any atom is -0.493 e. The van der Waals surface area contributed by atoms with E-state index in [0.717, 1.165) is 42.5 Å². The van der Waals surface area contributed by atoms with E-state index in [1.807, 2.05) is 31.2 Å². The summed E-state index contributed by atoms with van der Waals surface area (Å²) in [5.74, 6) is 1.29. The molecular weight excluding hydrogens is 520 g/mol. The Labute approximate surface area is 233 Å². The van der Waals surface area contributed by atoms with E-state index in [0.29, 0.717) is 37.4 Å². The van der Waals surface area contributed by atoms with Crippen LogP contribution in [0.1, 0.15) is 73.6 Å². The number of ether oxygens (including phenoxy) is 2. The molecule has 9 heteroatoms. The van der Waals surface area contributed by atoms with Gasteiger partial charge < -0.3 is 14.4 Å². The summed E-state index contributed by atoms with van der Waals surface area (Å²) in [6.07, 6.45) is 8.44. The Hall–Kier alpha value is -2.10. The monoisotopic (exact) mass is 564 g/mol. The molecule has 0 N–H and O–H groups in total. The Morgan fingerprint density at radius 1 is 1.00 bits per heavy atom. The normalized spacial score (nSPS) is 13.6. The summed E-state index contributed by atoms with van der Waals surface area (Å²) < 4.78 is 38.8. The van der Waals surface area contributed by atoms with Gasteiger partial charge in [0.1, 0.15) is 0 Å². The van der Waals surface area contributed by atoms with Crippen LogP contribution in [0.25, 0.3) is 0 Å². The van der Waals surface area contributed by atoms with E-state index in [1.165, 1.54) is 22.0 Å². The number of hydrogen-bond donors (Lipinski definition) is 0. The third-order valence-electron chi connectivity index (χ3n) is 6.97. The Morgan fingerprint density at radius 2 is 1.71 bits per heavy atom. The lowest BCUT2D eigenvalue weighted by Gasteiger charge is -2.27. The highest BCUT2D eigenvalue weighted by molar-refractivity contribution is 7.89. The van der Waals surface area contributed by atoms with E-state index in [1.54, 1.807) is 30.5 Å². The van der Waals surface area contributed by atoms with Crippen LogP contribution in [0, 0.1) is 6.92 Å². The number of carbonyl (C=O) groups excluding carboxylic acids is 1. The van der Waals surface area contributed by atoms with Gasteiger partial charge in [0.05, 0.1) is 33.1 Å². The van der Waals surface area contributed by atoms with Gasteiger partial charge in [0.2, 0.25) is 15.9 Å². The van der Waals surface area contributed by atoms with Crippen LogP contribution in [-0.4, -0.2) is 62.6 Å². The van der Waals surface area contributed by atoms with Crippen LogP contribution in [0.2, 0.25) is 0 Å². The molecule has 0 bridgehead atoms. The fourth-order valence-corrected chi connectivity index (χ4v) is 7.26. The number of sulfonamides is 1. The lowest BCUT2D eigenvalue weighted by atomic mass is 10.1. The molecule has 0 unspecified atom stereocenters. The van der Waals surface area contributed by atoms with Gasteiger partial charge >= 0.3 is 0 Å². The molecule has 0 spiro atoms. The molecule has 7 nitrogen and oxygen atoms in total. The highest BCUT2D eigenvalue weighted by Gasteiger charge is 2.38. The molecule has 1 amide bonds. The van der Waals surface area contributed by atoms with Crippen molar-refractivity contribution in [2.75, 3.05) is 33.1 Å². The minimum atomic E-state index is -3.47. The van der Waals surface area contributed by atoms with Gasteiger partial charge in [-0.25, -0.2) is 8.42 Å². The molecular formula is C29H44N2O5S2. The number of nitrogens with zero attached hydrogens (tertiary/aromatic N) is 2. The Balaban J connectivity index is 1.68. The number of carbonyl (C=O) groups is 1. The van der Waals surface area contributed by atoms with Crippen molar-refractivity contribution in [1.29, 1.82) is 0 Å². The molecule has 3 rings (SSSR count). The van der Waals surface area contributed by atoms with Crippen LogP contribution in [0.15, 0.2) is 30.3 Å². The first-order valence-corrected chi connectivity index (χ1v) is 16.2. The number of thiophene rings is 1. The smallest absolute Gasteiger partial charge is 0.238 e. The van der Waals surface area contributed by atoms with E-state index in [2.05, 4.69) is 13.0 Å². The molecule has 1 heterocycles. The Bertz CT molecular complexity index is 1130. The third-order valence-corrected chi connectivity index (χ3v) is 9.90. The maximum absolute atomic E-state index is 13.6. The second-order valence-corrected chi connectivity index (χ2v) is 13.5. The van der Waals surface area contributed by atoms with E-state index in [4.69, 9.17) is 9.47 Å². The molecule has 1 fully saturated rings. The highest BCUT2D eigenvalue weighted by Crippen LogP contribution is 2.31. The molecule has 1 aliphatic carbocycles. The summed E-state index contributed by atoms with van der Waals surface area (Å²) in [5.41, 5.74) is 1.03. The summed E-state index contributed by atoms with van der Waals surface area (Å²) >= 11 is 1.67. The van der Waals surface area contributed by atoms with Gasteiger partial charge in [-0.05, 0) is 62.4 Å². The average molecular weight is 565 g/mol. The number of benzene rings is 1. The van der Waals surface area contributed by atoms with E-state index in [9.17, 15) is 13.2 Å². The maximum Gasteiger partial charge on any atom is 0.238 e. The summed E-state index contributed by atoms with van der Waals surface area (Å²) in [6, 6.07) is 9.83. The number of rotatable bonds is 18. The molecule has 38 heavy (non-hydrogen) atoms. The zero-order chi connectivity index (χ0) is 27.5. The number of methoxy groups -OCH3 is 2. The zero-order valence-corrected chi connectivity index (χ0v) is 25.0. The van der Waals surface area contributed by atoms with Gasteiger partial charge in [0.15, 0.2) is 11.5 Å². The molecule has 1 aromatic heterocycles. The molecule has 0 saturated heterocycles. The molecule has 1 aromatic carbocycles. The first-order chi connectivity index (χ1) is 18.3. The number of aryl methyl sites for hydroxylation is 1. The predicted molar refractivity (Wildman–Crippen MR) is 155 cm³/mol. The van der Waals surface area contributed by atoms with Gasteiger partial charge in [0, 0.05) is 22.3 Å². The molecule has 0 radical (unpaired) electrons. The van der Waals surface area contributed by atoms with Crippen LogP contribution in [0.3, 0.4) is 0 Å². The molecule has 0 atom stereocenters. The number of amides is 1. The molecule has 2 aromatic rings. The average Bonchev–Trinajstić information content (AvgIpc) is 3.66. The van der Waals surface area contributed by atoms with Crippen molar-refractivity contribution in [3.05, 3.63) is 45.6 Å². The number of unbranched alkanes of at least 4 members (excludes halogenated alkanes) is 5. The van der Waals surface area contributed by atoms with Crippen LogP contribution in [-0.2, 0) is 27.8 Å². The lowest BCUT2D eigenvalue weighted by Crippen LogP contribution is -2.45. The standard InChI is InChI=1S/C29H44N2O5S2/c1-5-6-7-8-9-10-19-38(33,34)31(25-13-14-25)22-29(32)30(21-26-15-11-23(2)37-26)18-17-24-12-16-27(35-3)28(20-24)36-4/h11-12,15-16,20,25H,5-10,13-14,17-19,21-22H2,1-4H3. The quantitative estimate of drug-likeness (QED) is 0.214. The fraction of sp³-hybridized carbons (Fsp3) is 0.621. The maximum atomic E-state index is 13.6. The van der Waals surface area contributed by atoms with Crippen LogP contribution < -0.4 is 9.47 Å². The summed E-state index contributed by atoms with van der Waals surface area (Å²) in [7, 11) is -0.265. The number of hydrogen-bond acceptors (Lipinski definition) is 6. The Kier molecular flexibility index (Phi) is 11.9. The first kappa shape index (κ1) is 30.4. The lowest BCUT2D eigenvalue weighted by molar-refractivity contribution is -0.132. The summed E-state index contributed by atoms with van der Waals surface area (Å²) in [4.78, 5) is 17.7. The van der Waals surface area contributed by atoms with Gasteiger partial charge in [-0.15, -0.1) is 11.3 Å². The van der Waals surface area contributed by atoms with Crippen molar-refractivity contribution in [2.45, 2.75) is 84.2 Å². The van der Waals surface area contributed by atoms with Gasteiger partial charge in [0.25, 0.3) is 0 Å². The van der Waals surface area contributed by atoms with E-state index >= 15 is 0 Å².